The molecule has 0 amide bonds. The van der Waals surface area contributed by atoms with Gasteiger partial charge in [0.2, 0.25) is 0 Å². The normalized spacial score (nSPS) is 15.5. The van der Waals surface area contributed by atoms with E-state index < -0.39 is 0 Å². The van der Waals surface area contributed by atoms with Gasteiger partial charge in [0.15, 0.2) is 0 Å². The summed E-state index contributed by atoms with van der Waals surface area (Å²) in [5.41, 5.74) is 1.15. The molecule has 0 fully saturated rings. The first-order valence-corrected chi connectivity index (χ1v) is 3.89. The Balaban J connectivity index is 4.18. The number of hydrogen-bond donors (Lipinski definition) is 0. The van der Waals surface area contributed by atoms with Gasteiger partial charge in [-0.15, -0.1) is 0 Å². The molecular weight excluding hydrogens is 136 g/mol. The van der Waals surface area contributed by atoms with E-state index in [0.717, 1.165) is 5.57 Å². The van der Waals surface area contributed by atoms with Gasteiger partial charge < -0.3 is 0 Å². The molecule has 0 saturated carbocycles. The lowest BCUT2D eigenvalue weighted by molar-refractivity contribution is -0.118. The minimum atomic E-state index is 0.0474. The second-order valence-electron chi connectivity index (χ2n) is 2.81. The lowest BCUT2D eigenvalue weighted by Gasteiger charge is -2.00. The van der Waals surface area contributed by atoms with E-state index in [-0.39, 0.29) is 11.7 Å². The quantitative estimate of drug-likeness (QED) is 0.568. The van der Waals surface area contributed by atoms with Crippen LogP contribution in [0.25, 0.3) is 0 Å². The third-order valence-electron chi connectivity index (χ3n) is 1.58. The zero-order chi connectivity index (χ0) is 8.85. The zero-order valence-electron chi connectivity index (χ0n) is 7.72. The summed E-state index contributed by atoms with van der Waals surface area (Å²) in [6.07, 6.45) is 5.94. The molecular formula is C10H16O. The first kappa shape index (κ1) is 10.2. The standard InChI is InChI=1S/C10H16O/c1-5-6-8(2)7-9(3)10(4)11/h5-7,9H,1-4H3/b6-5+,8-7+. The van der Waals surface area contributed by atoms with Gasteiger partial charge >= 0.3 is 0 Å². The summed E-state index contributed by atoms with van der Waals surface area (Å²) in [4.78, 5) is 10.8. The highest BCUT2D eigenvalue weighted by atomic mass is 16.1. The van der Waals surface area contributed by atoms with Crippen molar-refractivity contribution in [1.29, 1.82) is 0 Å². The Labute approximate surface area is 68.8 Å². The van der Waals surface area contributed by atoms with E-state index in [9.17, 15) is 4.79 Å². The first-order valence-electron chi connectivity index (χ1n) is 3.89. The Morgan fingerprint density at radius 3 is 2.27 bits per heavy atom. The number of ketones is 1. The van der Waals surface area contributed by atoms with Crippen molar-refractivity contribution in [3.8, 4) is 0 Å². The second-order valence-corrected chi connectivity index (χ2v) is 2.81. The summed E-state index contributed by atoms with van der Waals surface area (Å²) >= 11 is 0. The molecule has 0 N–H and O–H groups in total. The SMILES string of the molecule is C/C=C/C(C)=C/C(C)C(C)=O. The number of allylic oxidation sites excluding steroid dienone is 4. The molecule has 0 aromatic rings. The van der Waals surface area contributed by atoms with Crippen LogP contribution in [0.1, 0.15) is 27.7 Å². The van der Waals surface area contributed by atoms with E-state index in [4.69, 9.17) is 0 Å². The Kier molecular flexibility index (Phi) is 4.51. The lowest BCUT2D eigenvalue weighted by Crippen LogP contribution is -2.02. The molecule has 0 heterocycles. The van der Waals surface area contributed by atoms with Gasteiger partial charge in [-0.2, -0.15) is 0 Å². The smallest absolute Gasteiger partial charge is 0.136 e. The van der Waals surface area contributed by atoms with Gasteiger partial charge in [-0.25, -0.2) is 0 Å². The van der Waals surface area contributed by atoms with Crippen molar-refractivity contribution in [2.75, 3.05) is 0 Å². The molecule has 0 aromatic carbocycles. The molecule has 0 aliphatic carbocycles. The number of rotatable bonds is 3. The number of carbonyl (C=O) groups is 1. The topological polar surface area (TPSA) is 17.1 Å². The van der Waals surface area contributed by atoms with Crippen LogP contribution >= 0.6 is 0 Å². The van der Waals surface area contributed by atoms with Crippen LogP contribution in [0, 0.1) is 5.92 Å². The minimum absolute atomic E-state index is 0.0474. The molecule has 62 valence electrons. The summed E-state index contributed by atoms with van der Waals surface area (Å²) in [5.74, 6) is 0.264. The van der Waals surface area contributed by atoms with Crippen LogP contribution in [0.5, 0.6) is 0 Å². The highest BCUT2D eigenvalue weighted by molar-refractivity contribution is 5.79. The van der Waals surface area contributed by atoms with Crippen molar-refractivity contribution in [3.63, 3.8) is 0 Å². The summed E-state index contributed by atoms with van der Waals surface area (Å²) in [5, 5.41) is 0. The molecule has 0 saturated heterocycles. The van der Waals surface area contributed by atoms with Crippen molar-refractivity contribution >= 4 is 5.78 Å². The van der Waals surface area contributed by atoms with Gasteiger partial charge in [0, 0.05) is 5.92 Å². The predicted molar refractivity (Wildman–Crippen MR) is 48.4 cm³/mol. The van der Waals surface area contributed by atoms with Crippen molar-refractivity contribution < 1.29 is 4.79 Å². The van der Waals surface area contributed by atoms with Crippen molar-refractivity contribution in [2.45, 2.75) is 27.7 Å². The summed E-state index contributed by atoms with van der Waals surface area (Å²) < 4.78 is 0. The fourth-order valence-corrected chi connectivity index (χ4v) is 0.830. The van der Waals surface area contributed by atoms with Gasteiger partial charge in [0.25, 0.3) is 0 Å². The van der Waals surface area contributed by atoms with Crippen LogP contribution in [-0.4, -0.2) is 5.78 Å². The van der Waals surface area contributed by atoms with Crippen LogP contribution in [-0.2, 0) is 4.79 Å². The molecule has 11 heavy (non-hydrogen) atoms. The average Bonchev–Trinajstić information content (AvgIpc) is 1.87. The second kappa shape index (κ2) is 4.89. The van der Waals surface area contributed by atoms with E-state index >= 15 is 0 Å². The van der Waals surface area contributed by atoms with Gasteiger partial charge in [-0.1, -0.05) is 30.7 Å². The van der Waals surface area contributed by atoms with Gasteiger partial charge in [-0.3, -0.25) is 4.79 Å². The summed E-state index contributed by atoms with van der Waals surface area (Å²) in [6, 6.07) is 0. The molecule has 0 radical (unpaired) electrons. The van der Waals surface area contributed by atoms with Crippen LogP contribution in [0.2, 0.25) is 0 Å². The highest BCUT2D eigenvalue weighted by Crippen LogP contribution is 2.04. The van der Waals surface area contributed by atoms with E-state index in [2.05, 4.69) is 0 Å². The Morgan fingerprint density at radius 2 is 1.91 bits per heavy atom. The fraction of sp³-hybridized carbons (Fsp3) is 0.500. The molecule has 1 unspecified atom stereocenters. The molecule has 0 aliphatic heterocycles. The Bertz CT molecular complexity index is 187. The van der Waals surface area contributed by atoms with Crippen LogP contribution in [0.4, 0.5) is 0 Å². The number of hydrogen-bond acceptors (Lipinski definition) is 1. The van der Waals surface area contributed by atoms with E-state index in [0.29, 0.717) is 0 Å². The third kappa shape index (κ3) is 4.54. The van der Waals surface area contributed by atoms with Gasteiger partial charge in [0.1, 0.15) is 5.78 Å². The lowest BCUT2D eigenvalue weighted by atomic mass is 10.0. The van der Waals surface area contributed by atoms with Gasteiger partial charge in [-0.05, 0) is 20.8 Å². The maximum absolute atomic E-state index is 10.8. The van der Waals surface area contributed by atoms with E-state index in [1.165, 1.54) is 0 Å². The van der Waals surface area contributed by atoms with Crippen molar-refractivity contribution in [2.24, 2.45) is 5.92 Å². The molecule has 0 aromatic heterocycles. The van der Waals surface area contributed by atoms with Crippen LogP contribution in [0.15, 0.2) is 23.8 Å². The molecule has 1 nitrogen and oxygen atoms in total. The molecule has 1 heteroatoms. The van der Waals surface area contributed by atoms with Crippen LogP contribution in [0.3, 0.4) is 0 Å². The zero-order valence-corrected chi connectivity index (χ0v) is 7.72. The predicted octanol–water partition coefficient (Wildman–Crippen LogP) is 2.73. The first-order chi connectivity index (χ1) is 5.07. The van der Waals surface area contributed by atoms with E-state index in [1.807, 2.05) is 39.0 Å². The third-order valence-corrected chi connectivity index (χ3v) is 1.58. The number of carbonyl (C=O) groups excluding carboxylic acids is 1. The summed E-state index contributed by atoms with van der Waals surface area (Å²) in [6.45, 7) is 7.49. The average molecular weight is 152 g/mol. The largest absolute Gasteiger partial charge is 0.299 e. The maximum atomic E-state index is 10.8. The van der Waals surface area contributed by atoms with Crippen LogP contribution < -0.4 is 0 Å². The molecule has 1 atom stereocenters. The minimum Gasteiger partial charge on any atom is -0.299 e. The summed E-state index contributed by atoms with van der Waals surface area (Å²) in [7, 11) is 0. The molecule has 0 spiro atoms. The van der Waals surface area contributed by atoms with Gasteiger partial charge in [0.05, 0.1) is 0 Å². The molecule has 0 rings (SSSR count). The Hall–Kier alpha value is -0.850. The maximum Gasteiger partial charge on any atom is 0.136 e. The van der Waals surface area contributed by atoms with Crippen molar-refractivity contribution in [3.05, 3.63) is 23.8 Å². The molecule has 0 bridgehead atoms. The highest BCUT2D eigenvalue weighted by Gasteiger charge is 2.01. The monoisotopic (exact) mass is 152 g/mol. The molecule has 0 aliphatic rings. The van der Waals surface area contributed by atoms with E-state index in [1.54, 1.807) is 6.92 Å². The Morgan fingerprint density at radius 1 is 1.36 bits per heavy atom. The fourth-order valence-electron chi connectivity index (χ4n) is 0.830. The number of Topliss-reactive ketones (excluding diaryl/α,β-unsaturated/α-hetero) is 1. The van der Waals surface area contributed by atoms with Crippen molar-refractivity contribution in [1.82, 2.24) is 0 Å².